The molecule has 0 radical (unpaired) electrons. The third-order valence-corrected chi connectivity index (χ3v) is 6.18. The van der Waals surface area contributed by atoms with E-state index in [1.54, 1.807) is 0 Å². The van der Waals surface area contributed by atoms with Gasteiger partial charge < -0.3 is 10.1 Å². The van der Waals surface area contributed by atoms with Crippen LogP contribution in [0.4, 0.5) is 4.39 Å². The minimum atomic E-state index is -3.74. The number of nitrogens with one attached hydrogen (secondary N) is 2. The van der Waals surface area contributed by atoms with E-state index in [0.717, 1.165) is 44.3 Å². The number of hydrogen-bond acceptors (Lipinski definition) is 5. The number of carbonyl (C=O) groups is 1. The van der Waals surface area contributed by atoms with Gasteiger partial charge in [-0.1, -0.05) is 0 Å². The van der Waals surface area contributed by atoms with Crippen LogP contribution in [0.3, 0.4) is 0 Å². The first kappa shape index (κ1) is 19.1. The summed E-state index contributed by atoms with van der Waals surface area (Å²) in [5.41, 5.74) is 0.539. The molecule has 6 nitrogen and oxygen atoms in total. The van der Waals surface area contributed by atoms with Crippen LogP contribution in [0.1, 0.15) is 54.4 Å². The van der Waals surface area contributed by atoms with Crippen molar-refractivity contribution in [2.45, 2.75) is 38.5 Å². The van der Waals surface area contributed by atoms with Crippen LogP contribution in [0, 0.1) is 11.7 Å². The molecule has 1 amide bonds. The monoisotopic (exact) mass is 384 g/mol. The maximum absolute atomic E-state index is 14.5. The highest BCUT2D eigenvalue weighted by atomic mass is 32.2. The number of benzene rings is 1. The first-order chi connectivity index (χ1) is 12.4. The Labute approximate surface area is 153 Å². The first-order valence-corrected chi connectivity index (χ1v) is 10.8. The summed E-state index contributed by atoms with van der Waals surface area (Å²) in [4.78, 5) is 12.2. The Kier molecular flexibility index (Phi) is 5.82. The largest absolute Gasteiger partial charge is 0.493 e. The predicted octanol–water partition coefficient (Wildman–Crippen LogP) is 2.16. The third kappa shape index (κ3) is 4.73. The van der Waals surface area contributed by atoms with E-state index in [2.05, 4.69) is 5.32 Å². The summed E-state index contributed by atoms with van der Waals surface area (Å²) >= 11 is 0. The van der Waals surface area contributed by atoms with Gasteiger partial charge in [0.1, 0.15) is 11.6 Å². The number of ether oxygens (including phenoxy) is 1. The van der Waals surface area contributed by atoms with Gasteiger partial charge in [-0.25, -0.2) is 17.5 Å². The molecule has 2 fully saturated rings. The molecule has 8 heteroatoms. The fourth-order valence-corrected chi connectivity index (χ4v) is 3.65. The standard InChI is InChI=1S/C18H25FN2O4S/c1-2-26(23,24)21-18(22)15-9-14(13-3-4-13)17(10-16(15)19)25-11-12-5-7-20-8-6-12/h9-10,12-13,20H,2-8,11H2,1H3,(H,21,22). The van der Waals surface area contributed by atoms with Gasteiger partial charge in [0, 0.05) is 6.07 Å². The maximum Gasteiger partial charge on any atom is 0.267 e. The molecule has 2 N–H and O–H groups in total. The summed E-state index contributed by atoms with van der Waals surface area (Å²) in [7, 11) is -3.74. The molecule has 3 rings (SSSR count). The SMILES string of the molecule is CCS(=O)(=O)NC(=O)c1cc(C2CC2)c(OCC2CCNCC2)cc1F. The Balaban J connectivity index is 1.78. The molecule has 0 unspecified atom stereocenters. The quantitative estimate of drug-likeness (QED) is 0.753. The van der Waals surface area contributed by atoms with Crippen LogP contribution in [0.15, 0.2) is 12.1 Å². The van der Waals surface area contributed by atoms with Gasteiger partial charge in [0.15, 0.2) is 0 Å². The van der Waals surface area contributed by atoms with Crippen LogP contribution in [-0.2, 0) is 10.0 Å². The van der Waals surface area contributed by atoms with Crippen molar-refractivity contribution in [2.75, 3.05) is 25.4 Å². The minimum Gasteiger partial charge on any atom is -0.493 e. The van der Waals surface area contributed by atoms with Crippen LogP contribution in [0.25, 0.3) is 0 Å². The molecule has 1 aromatic carbocycles. The molecule has 1 saturated heterocycles. The molecule has 0 bridgehead atoms. The smallest absolute Gasteiger partial charge is 0.267 e. The van der Waals surface area contributed by atoms with Crippen LogP contribution in [0.2, 0.25) is 0 Å². The minimum absolute atomic E-state index is 0.243. The molecule has 2 aliphatic rings. The predicted molar refractivity (Wildman–Crippen MR) is 96.4 cm³/mol. The number of sulfonamides is 1. The van der Waals surface area contributed by atoms with Crippen molar-refractivity contribution in [3.63, 3.8) is 0 Å². The van der Waals surface area contributed by atoms with Crippen molar-refractivity contribution in [1.29, 1.82) is 0 Å². The van der Waals surface area contributed by atoms with E-state index in [-0.39, 0.29) is 17.2 Å². The van der Waals surface area contributed by atoms with Crippen molar-refractivity contribution < 1.29 is 22.3 Å². The number of halogens is 1. The molecule has 0 atom stereocenters. The number of amides is 1. The molecule has 1 aliphatic carbocycles. The van der Waals surface area contributed by atoms with E-state index in [0.29, 0.717) is 18.3 Å². The van der Waals surface area contributed by atoms with Crippen molar-refractivity contribution >= 4 is 15.9 Å². The lowest BCUT2D eigenvalue weighted by atomic mass is 9.99. The van der Waals surface area contributed by atoms with Gasteiger partial charge in [-0.05, 0) is 69.2 Å². The highest BCUT2D eigenvalue weighted by Crippen LogP contribution is 2.45. The normalized spacial score (nSPS) is 18.5. The van der Waals surface area contributed by atoms with Crippen molar-refractivity contribution in [3.8, 4) is 5.75 Å². The van der Waals surface area contributed by atoms with E-state index in [4.69, 9.17) is 4.74 Å². The van der Waals surface area contributed by atoms with E-state index in [1.165, 1.54) is 19.1 Å². The second-order valence-corrected chi connectivity index (χ2v) is 8.99. The first-order valence-electron chi connectivity index (χ1n) is 9.11. The number of rotatable bonds is 7. The fraction of sp³-hybridized carbons (Fsp3) is 0.611. The molecule has 1 heterocycles. The molecule has 1 saturated carbocycles. The zero-order chi connectivity index (χ0) is 18.7. The van der Waals surface area contributed by atoms with Crippen LogP contribution < -0.4 is 14.8 Å². The second-order valence-electron chi connectivity index (χ2n) is 6.98. The van der Waals surface area contributed by atoms with Crippen LogP contribution in [-0.4, -0.2) is 39.8 Å². The molecule has 0 spiro atoms. The molecule has 26 heavy (non-hydrogen) atoms. The Morgan fingerprint density at radius 1 is 1.27 bits per heavy atom. The zero-order valence-corrected chi connectivity index (χ0v) is 15.7. The summed E-state index contributed by atoms with van der Waals surface area (Å²) in [6, 6.07) is 2.67. The van der Waals surface area contributed by atoms with E-state index < -0.39 is 21.7 Å². The number of carbonyl (C=O) groups excluding carboxylic acids is 1. The number of hydrogen-bond donors (Lipinski definition) is 2. The van der Waals surface area contributed by atoms with E-state index >= 15 is 0 Å². The van der Waals surface area contributed by atoms with Gasteiger partial charge in [-0.3, -0.25) is 4.79 Å². The Hall–Kier alpha value is -1.67. The highest BCUT2D eigenvalue weighted by molar-refractivity contribution is 7.90. The van der Waals surface area contributed by atoms with Crippen molar-refractivity contribution in [2.24, 2.45) is 5.92 Å². The molecule has 1 aliphatic heterocycles. The Morgan fingerprint density at radius 3 is 2.58 bits per heavy atom. The average molecular weight is 384 g/mol. The summed E-state index contributed by atoms with van der Waals surface area (Å²) in [6.45, 7) is 3.86. The van der Waals surface area contributed by atoms with Gasteiger partial charge in [0.05, 0.1) is 17.9 Å². The van der Waals surface area contributed by atoms with Crippen molar-refractivity contribution in [1.82, 2.24) is 10.0 Å². The molecular weight excluding hydrogens is 359 g/mol. The Morgan fingerprint density at radius 2 is 1.96 bits per heavy atom. The molecule has 1 aromatic rings. The van der Waals surface area contributed by atoms with E-state index in [9.17, 15) is 17.6 Å². The average Bonchev–Trinajstić information content (AvgIpc) is 3.45. The molecule has 144 valence electrons. The van der Waals surface area contributed by atoms with Gasteiger partial charge in [-0.2, -0.15) is 0 Å². The maximum atomic E-state index is 14.5. The van der Waals surface area contributed by atoms with Gasteiger partial charge in [0.2, 0.25) is 10.0 Å². The lowest BCUT2D eigenvalue weighted by Gasteiger charge is -2.23. The van der Waals surface area contributed by atoms with Crippen LogP contribution in [0.5, 0.6) is 5.75 Å². The molecular formula is C18H25FN2O4S. The topological polar surface area (TPSA) is 84.5 Å². The zero-order valence-electron chi connectivity index (χ0n) is 14.9. The summed E-state index contributed by atoms with van der Waals surface area (Å²) in [6.07, 6.45) is 3.97. The van der Waals surface area contributed by atoms with Gasteiger partial charge in [0.25, 0.3) is 5.91 Å². The Bertz CT molecular complexity index is 772. The summed E-state index contributed by atoms with van der Waals surface area (Å²) < 4.78 is 45.4. The van der Waals surface area contributed by atoms with E-state index in [1.807, 2.05) is 4.72 Å². The summed E-state index contributed by atoms with van der Waals surface area (Å²) in [5.74, 6) is -0.794. The lowest BCUT2D eigenvalue weighted by Crippen LogP contribution is -2.32. The summed E-state index contributed by atoms with van der Waals surface area (Å²) in [5, 5.41) is 3.30. The van der Waals surface area contributed by atoms with Gasteiger partial charge in [-0.15, -0.1) is 0 Å². The number of piperidine rings is 1. The van der Waals surface area contributed by atoms with Gasteiger partial charge >= 0.3 is 0 Å². The molecule has 0 aromatic heterocycles. The van der Waals surface area contributed by atoms with Crippen LogP contribution >= 0.6 is 0 Å². The lowest BCUT2D eigenvalue weighted by molar-refractivity contribution is 0.0977. The van der Waals surface area contributed by atoms with Crippen molar-refractivity contribution in [3.05, 3.63) is 29.1 Å². The third-order valence-electron chi connectivity index (χ3n) is 4.92. The second kappa shape index (κ2) is 7.92. The fourth-order valence-electron chi connectivity index (χ4n) is 3.11. The highest BCUT2D eigenvalue weighted by Gasteiger charge is 2.30.